The van der Waals surface area contributed by atoms with Crippen LogP contribution >= 0.6 is 34.5 Å². The molecule has 2 atom stereocenters. The number of aromatic nitrogens is 2. The number of thiophene rings is 1. The topological polar surface area (TPSA) is 105 Å². The van der Waals surface area contributed by atoms with Gasteiger partial charge in [-0.1, -0.05) is 61.9 Å². The molecular weight excluding hydrogens is 605 g/mol. The van der Waals surface area contributed by atoms with E-state index in [2.05, 4.69) is 25.0 Å². The number of nitriles is 1. The second kappa shape index (κ2) is 10.8. The highest BCUT2D eigenvalue weighted by Gasteiger charge is 2.50. The maximum absolute atomic E-state index is 13.1. The summed E-state index contributed by atoms with van der Waals surface area (Å²) in [6, 6.07) is 17.5. The minimum Gasteiger partial charge on any atom is -0.292 e. The number of non-ortho nitro benzene ring substituents is 1. The first kappa shape index (κ1) is 28.9. The molecule has 0 bridgehead atoms. The number of hydrogen-bond donors (Lipinski definition) is 0. The first-order valence-electron chi connectivity index (χ1n) is 13.5. The summed E-state index contributed by atoms with van der Waals surface area (Å²) in [5.74, 6) is -0.303. The zero-order valence-electron chi connectivity index (χ0n) is 23.4. The van der Waals surface area contributed by atoms with Crippen molar-refractivity contribution in [2.75, 3.05) is 4.90 Å². The molecule has 0 spiro atoms. The van der Waals surface area contributed by atoms with Gasteiger partial charge < -0.3 is 0 Å². The zero-order chi connectivity index (χ0) is 30.6. The number of allylic oxidation sites excluding steroid dienone is 2. The van der Waals surface area contributed by atoms with Gasteiger partial charge in [0.05, 0.1) is 27.9 Å². The molecule has 2 unspecified atom stereocenters. The van der Waals surface area contributed by atoms with Crippen molar-refractivity contribution in [3.05, 3.63) is 114 Å². The highest BCUT2D eigenvalue weighted by Crippen LogP contribution is 2.53. The van der Waals surface area contributed by atoms with Gasteiger partial charge in [-0.2, -0.15) is 10.4 Å². The molecule has 0 radical (unpaired) electrons. The number of carbonyl (C=O) groups excluding carboxylic acids is 1. The maximum Gasteiger partial charge on any atom is 0.269 e. The smallest absolute Gasteiger partial charge is 0.269 e. The van der Waals surface area contributed by atoms with Crippen LogP contribution in [0.5, 0.6) is 0 Å². The lowest BCUT2D eigenvalue weighted by Crippen LogP contribution is -2.56. The van der Waals surface area contributed by atoms with Crippen LogP contribution in [0.2, 0.25) is 5.15 Å². The Hall–Kier alpha value is -4.23. The van der Waals surface area contributed by atoms with Crippen LogP contribution in [0.3, 0.4) is 0 Å². The van der Waals surface area contributed by atoms with Gasteiger partial charge in [-0.25, -0.2) is 4.68 Å². The molecule has 216 valence electrons. The maximum atomic E-state index is 13.1. The van der Waals surface area contributed by atoms with Crippen LogP contribution in [0.1, 0.15) is 59.1 Å². The molecule has 1 aliphatic carbocycles. The van der Waals surface area contributed by atoms with Crippen molar-refractivity contribution in [2.24, 2.45) is 0 Å². The molecule has 4 aromatic rings. The molecule has 1 saturated heterocycles. The zero-order valence-corrected chi connectivity index (χ0v) is 25.7. The first-order chi connectivity index (χ1) is 20.5. The van der Waals surface area contributed by atoms with Crippen LogP contribution in [-0.2, 0) is 10.2 Å². The summed E-state index contributed by atoms with van der Waals surface area (Å²) < 4.78 is 1.71. The quantitative estimate of drug-likeness (QED) is 0.0926. The summed E-state index contributed by atoms with van der Waals surface area (Å²) in [5, 5.41) is 26.3. The average molecular weight is 631 g/mol. The minimum absolute atomic E-state index is 0.0484. The Labute approximate surface area is 262 Å². The standard InChI is InChI=1S/C32H25Cl2N5O3S/c1-18-23(29(34)38(36-18)21-7-5-4-6-8-21)14-9-19-15-24-25(17-35)31(43-28(24)32(2,3)16-19)37-27(26(33)30(37)40)20-10-12-22(13-11-20)39(41)42/h4-15,26-27H,16H2,1-3H3/b14-9-. The SMILES string of the molecule is Cc1nn(-c2ccccc2)c(Cl)c1/C=C\C1=Cc2c(sc(N3C(=O)C(Cl)C3c3ccc([N+](=O)[O-])cc3)c2C#N)C(C)(C)C1. The van der Waals surface area contributed by atoms with Crippen LogP contribution in [0.4, 0.5) is 10.7 Å². The summed E-state index contributed by atoms with van der Waals surface area (Å²) in [4.78, 5) is 26.3. The van der Waals surface area contributed by atoms with E-state index < -0.39 is 16.3 Å². The van der Waals surface area contributed by atoms with Crippen molar-refractivity contribution in [2.45, 2.75) is 44.0 Å². The number of rotatable bonds is 6. The molecule has 11 heteroatoms. The number of benzene rings is 2. The number of β-lactam (4-membered cyclic amide) rings is 1. The molecule has 8 nitrogen and oxygen atoms in total. The molecule has 43 heavy (non-hydrogen) atoms. The molecule has 2 aromatic heterocycles. The number of para-hydroxylation sites is 1. The lowest BCUT2D eigenvalue weighted by atomic mass is 9.77. The number of alkyl halides is 1. The van der Waals surface area contributed by atoms with Gasteiger partial charge in [0.25, 0.3) is 5.69 Å². The van der Waals surface area contributed by atoms with Crippen LogP contribution in [0.25, 0.3) is 17.8 Å². The summed E-state index contributed by atoms with van der Waals surface area (Å²) in [7, 11) is 0. The Balaban J connectivity index is 1.37. The van der Waals surface area contributed by atoms with Gasteiger partial charge in [0, 0.05) is 33.6 Å². The van der Waals surface area contributed by atoms with E-state index in [1.807, 2.05) is 55.5 Å². The molecule has 3 heterocycles. The van der Waals surface area contributed by atoms with E-state index in [-0.39, 0.29) is 17.0 Å². The van der Waals surface area contributed by atoms with Gasteiger partial charge in [-0.05, 0) is 48.8 Å². The Morgan fingerprint density at radius 2 is 1.86 bits per heavy atom. The first-order valence-corrected chi connectivity index (χ1v) is 15.1. The third-order valence-corrected chi connectivity index (χ3v) is 10.2. The Morgan fingerprint density at radius 3 is 2.51 bits per heavy atom. The number of carbonyl (C=O) groups is 1. The molecule has 6 rings (SSSR count). The van der Waals surface area contributed by atoms with E-state index in [4.69, 9.17) is 23.2 Å². The van der Waals surface area contributed by atoms with E-state index in [0.717, 1.165) is 33.0 Å². The van der Waals surface area contributed by atoms with Crippen molar-refractivity contribution < 1.29 is 9.72 Å². The molecule has 1 aliphatic heterocycles. The molecule has 2 aliphatic rings. The normalized spacial score (nSPS) is 19.1. The lowest BCUT2D eigenvalue weighted by molar-refractivity contribution is -0.384. The van der Waals surface area contributed by atoms with Crippen molar-refractivity contribution in [3.63, 3.8) is 0 Å². The summed E-state index contributed by atoms with van der Waals surface area (Å²) in [5.41, 5.74) is 4.99. The molecule has 0 saturated carbocycles. The third-order valence-electron chi connectivity index (χ3n) is 7.83. The molecule has 1 amide bonds. The van der Waals surface area contributed by atoms with Crippen LogP contribution in [0, 0.1) is 28.4 Å². The number of amides is 1. The van der Waals surface area contributed by atoms with E-state index >= 15 is 0 Å². The average Bonchev–Trinajstić information content (AvgIpc) is 3.50. The van der Waals surface area contributed by atoms with Gasteiger partial charge in [0.1, 0.15) is 21.6 Å². The van der Waals surface area contributed by atoms with Crippen molar-refractivity contribution in [3.8, 4) is 11.8 Å². The Bertz CT molecular complexity index is 1880. The van der Waals surface area contributed by atoms with Gasteiger partial charge in [-0.15, -0.1) is 22.9 Å². The Morgan fingerprint density at radius 1 is 1.16 bits per heavy atom. The van der Waals surface area contributed by atoms with Gasteiger partial charge in [0.15, 0.2) is 0 Å². The monoisotopic (exact) mass is 629 g/mol. The van der Waals surface area contributed by atoms with Crippen molar-refractivity contribution in [1.82, 2.24) is 9.78 Å². The van der Waals surface area contributed by atoms with E-state index in [0.29, 0.717) is 27.7 Å². The highest BCUT2D eigenvalue weighted by atomic mass is 35.5. The number of fused-ring (bicyclic) bond motifs is 1. The van der Waals surface area contributed by atoms with Crippen LogP contribution < -0.4 is 4.90 Å². The number of hydrogen-bond acceptors (Lipinski definition) is 6. The number of nitro benzene ring substituents is 1. The number of anilines is 1. The van der Waals surface area contributed by atoms with Gasteiger partial charge in [0.2, 0.25) is 5.91 Å². The predicted molar refractivity (Wildman–Crippen MR) is 170 cm³/mol. The molecule has 0 N–H and O–H groups in total. The summed E-state index contributed by atoms with van der Waals surface area (Å²) in [6.07, 6.45) is 6.68. The van der Waals surface area contributed by atoms with Crippen LogP contribution in [0.15, 0.2) is 66.2 Å². The van der Waals surface area contributed by atoms with Gasteiger partial charge >= 0.3 is 0 Å². The van der Waals surface area contributed by atoms with Crippen molar-refractivity contribution >= 4 is 63.3 Å². The molecule has 1 fully saturated rings. The van der Waals surface area contributed by atoms with E-state index in [1.54, 1.807) is 21.7 Å². The third kappa shape index (κ3) is 4.85. The Kier molecular flexibility index (Phi) is 7.25. The second-order valence-electron chi connectivity index (χ2n) is 11.2. The summed E-state index contributed by atoms with van der Waals surface area (Å²) in [6.45, 7) is 6.16. The number of halogens is 2. The number of nitrogens with zero attached hydrogens (tertiary/aromatic N) is 5. The fourth-order valence-corrected chi connectivity index (χ4v) is 7.78. The summed E-state index contributed by atoms with van der Waals surface area (Å²) >= 11 is 14.6. The predicted octanol–water partition coefficient (Wildman–Crippen LogP) is 8.15. The fourth-order valence-electron chi connectivity index (χ4n) is 5.71. The minimum atomic E-state index is -0.834. The highest BCUT2D eigenvalue weighted by molar-refractivity contribution is 7.17. The molecular formula is C32H25Cl2N5O3S. The second-order valence-corrected chi connectivity index (χ2v) is 13.0. The van der Waals surface area contributed by atoms with E-state index in [9.17, 15) is 20.2 Å². The number of aryl methyl sites for hydroxylation is 1. The van der Waals surface area contributed by atoms with Crippen molar-refractivity contribution in [1.29, 1.82) is 5.26 Å². The molecule has 2 aromatic carbocycles. The lowest BCUT2D eigenvalue weighted by Gasteiger charge is -2.43. The van der Waals surface area contributed by atoms with Gasteiger partial charge in [-0.3, -0.25) is 19.8 Å². The fraction of sp³-hybridized carbons (Fsp3) is 0.219. The van der Waals surface area contributed by atoms with Crippen LogP contribution in [-0.4, -0.2) is 26.0 Å². The number of nitro groups is 1. The largest absolute Gasteiger partial charge is 0.292 e. The van der Waals surface area contributed by atoms with E-state index in [1.165, 1.54) is 23.5 Å².